The van der Waals surface area contributed by atoms with Crippen molar-refractivity contribution < 1.29 is 38.6 Å². The number of nitrogens with zero attached hydrogens (tertiary/aromatic N) is 2. The van der Waals surface area contributed by atoms with Crippen molar-refractivity contribution in [2.45, 2.75) is 58.9 Å². The third-order valence-corrected chi connectivity index (χ3v) is 4.85. The number of imide groups is 1. The van der Waals surface area contributed by atoms with E-state index in [9.17, 15) is 24.0 Å². The lowest BCUT2D eigenvalue weighted by Gasteiger charge is -2.29. The van der Waals surface area contributed by atoms with Crippen molar-refractivity contribution in [1.82, 2.24) is 15.1 Å². The second-order valence-corrected chi connectivity index (χ2v) is 9.24. The van der Waals surface area contributed by atoms with Gasteiger partial charge < -0.3 is 24.8 Å². The highest BCUT2D eigenvalue weighted by Gasteiger charge is 2.49. The summed E-state index contributed by atoms with van der Waals surface area (Å²) in [6, 6.07) is 5.29. The molecular formula is C23H31N3O8. The summed E-state index contributed by atoms with van der Waals surface area (Å²) in [5.41, 5.74) is -0.118. The molecule has 4 amide bonds. The molecule has 0 saturated carbocycles. The summed E-state index contributed by atoms with van der Waals surface area (Å²) >= 11 is 0. The topological polar surface area (TPSA) is 143 Å². The highest BCUT2D eigenvalue weighted by molar-refractivity contribution is 6.04. The van der Waals surface area contributed by atoms with Crippen LogP contribution in [0.5, 0.6) is 0 Å². The van der Waals surface area contributed by atoms with Gasteiger partial charge in [-0.1, -0.05) is 44.2 Å². The smallest absolute Gasteiger partial charge is 0.408 e. The van der Waals surface area contributed by atoms with Crippen molar-refractivity contribution in [2.75, 3.05) is 13.1 Å². The molecule has 1 aromatic carbocycles. The van der Waals surface area contributed by atoms with Gasteiger partial charge in [0.2, 0.25) is 0 Å². The van der Waals surface area contributed by atoms with Crippen LogP contribution in [0.4, 0.5) is 9.59 Å². The minimum atomic E-state index is -1.37. The molecule has 11 heteroatoms. The summed E-state index contributed by atoms with van der Waals surface area (Å²) in [5.74, 6) is -3.49. The number of ether oxygens (including phenoxy) is 2. The van der Waals surface area contributed by atoms with Crippen molar-refractivity contribution in [3.8, 4) is 0 Å². The Hall–Kier alpha value is -3.63. The van der Waals surface area contributed by atoms with Crippen molar-refractivity contribution in [1.29, 1.82) is 0 Å². The Bertz CT molecular complexity index is 926. The molecule has 1 saturated heterocycles. The second-order valence-electron chi connectivity index (χ2n) is 9.24. The molecule has 11 nitrogen and oxygen atoms in total. The van der Waals surface area contributed by atoms with Crippen LogP contribution in [0.25, 0.3) is 0 Å². The van der Waals surface area contributed by atoms with Gasteiger partial charge in [0.15, 0.2) is 6.04 Å². The lowest BCUT2D eigenvalue weighted by Crippen LogP contribution is -2.56. The lowest BCUT2D eigenvalue weighted by molar-refractivity contribution is -0.153. The lowest BCUT2D eigenvalue weighted by atomic mass is 10.0. The number of hydrogen-bond acceptors (Lipinski definition) is 7. The monoisotopic (exact) mass is 477 g/mol. The van der Waals surface area contributed by atoms with Crippen molar-refractivity contribution in [3.63, 3.8) is 0 Å². The van der Waals surface area contributed by atoms with Gasteiger partial charge in [-0.2, -0.15) is 0 Å². The zero-order valence-corrected chi connectivity index (χ0v) is 19.9. The van der Waals surface area contributed by atoms with E-state index in [1.54, 1.807) is 65.0 Å². The Morgan fingerprint density at radius 2 is 1.76 bits per heavy atom. The average Bonchev–Trinajstić information content (AvgIpc) is 3.04. The van der Waals surface area contributed by atoms with Crippen LogP contribution in [-0.2, 0) is 30.5 Å². The van der Waals surface area contributed by atoms with Crippen molar-refractivity contribution in [3.05, 3.63) is 35.9 Å². The van der Waals surface area contributed by atoms with Crippen LogP contribution in [0.2, 0.25) is 0 Å². The molecule has 1 aromatic rings. The molecule has 0 aromatic heterocycles. The first-order valence-corrected chi connectivity index (χ1v) is 10.8. The van der Waals surface area contributed by atoms with Crippen LogP contribution in [0, 0.1) is 5.92 Å². The minimum absolute atomic E-state index is 0.0882. The standard InChI is InChI=1S/C23H31N3O8/c1-14(2)18(24-21(31)34-23(3,4)5)19(29)26-16(11-25(22(26)32)12-17(27)28)20(30)33-13-15-9-7-6-8-10-15/h6-10,14,16,18H,11-13H2,1-5H3,(H,24,31)(H,27,28). The summed E-state index contributed by atoms with van der Waals surface area (Å²) in [4.78, 5) is 64.2. The molecule has 2 rings (SSSR count). The molecule has 0 aliphatic carbocycles. The molecule has 1 fully saturated rings. The van der Waals surface area contributed by atoms with E-state index in [0.29, 0.717) is 10.5 Å². The molecule has 2 atom stereocenters. The van der Waals surface area contributed by atoms with E-state index in [4.69, 9.17) is 14.6 Å². The Morgan fingerprint density at radius 3 is 2.29 bits per heavy atom. The number of benzene rings is 1. The van der Waals surface area contributed by atoms with Gasteiger partial charge in [0, 0.05) is 0 Å². The maximum absolute atomic E-state index is 13.4. The number of esters is 1. The summed E-state index contributed by atoms with van der Waals surface area (Å²) in [6.45, 7) is 7.15. The average molecular weight is 478 g/mol. The first-order valence-electron chi connectivity index (χ1n) is 10.8. The van der Waals surface area contributed by atoms with Crippen LogP contribution in [0.3, 0.4) is 0 Å². The number of alkyl carbamates (subject to hydrolysis) is 1. The fourth-order valence-electron chi connectivity index (χ4n) is 3.30. The Morgan fingerprint density at radius 1 is 1.15 bits per heavy atom. The molecule has 1 aliphatic rings. The van der Waals surface area contributed by atoms with Crippen LogP contribution >= 0.6 is 0 Å². The van der Waals surface area contributed by atoms with Crippen molar-refractivity contribution >= 4 is 30.0 Å². The molecule has 1 heterocycles. The number of urea groups is 1. The quantitative estimate of drug-likeness (QED) is 0.541. The first-order chi connectivity index (χ1) is 15.8. The zero-order chi connectivity index (χ0) is 25.6. The van der Waals surface area contributed by atoms with Gasteiger partial charge in [-0.05, 0) is 32.3 Å². The van der Waals surface area contributed by atoms with E-state index in [1.165, 1.54) is 0 Å². The van der Waals surface area contributed by atoms with E-state index >= 15 is 0 Å². The van der Waals surface area contributed by atoms with Gasteiger partial charge in [-0.25, -0.2) is 19.3 Å². The van der Waals surface area contributed by atoms with E-state index < -0.39 is 60.1 Å². The number of rotatable bonds is 8. The number of carboxylic acid groups (broad SMARTS) is 1. The van der Waals surface area contributed by atoms with Crippen molar-refractivity contribution in [2.24, 2.45) is 5.92 Å². The SMILES string of the molecule is CC(C)C(NC(=O)OC(C)(C)C)C(=O)N1C(=O)N(CC(=O)O)CC1C(=O)OCc1ccccc1. The fourth-order valence-corrected chi connectivity index (χ4v) is 3.30. The Kier molecular flexibility index (Phi) is 8.61. The number of carbonyl (C=O) groups excluding carboxylic acids is 4. The number of aliphatic carboxylic acids is 1. The molecule has 0 radical (unpaired) electrons. The highest BCUT2D eigenvalue weighted by Crippen LogP contribution is 2.21. The van der Waals surface area contributed by atoms with Crippen LogP contribution in [-0.4, -0.2) is 75.7 Å². The van der Waals surface area contributed by atoms with Crippen LogP contribution < -0.4 is 5.32 Å². The largest absolute Gasteiger partial charge is 0.480 e. The van der Waals surface area contributed by atoms with E-state index in [1.807, 2.05) is 0 Å². The third kappa shape index (κ3) is 7.19. The van der Waals surface area contributed by atoms with Crippen LogP contribution in [0.15, 0.2) is 30.3 Å². The van der Waals surface area contributed by atoms with Crippen LogP contribution in [0.1, 0.15) is 40.2 Å². The number of amides is 4. The fraction of sp³-hybridized carbons (Fsp3) is 0.522. The van der Waals surface area contributed by atoms with Gasteiger partial charge in [-0.3, -0.25) is 9.59 Å². The summed E-state index contributed by atoms with van der Waals surface area (Å²) < 4.78 is 10.5. The summed E-state index contributed by atoms with van der Waals surface area (Å²) in [7, 11) is 0. The predicted molar refractivity (Wildman–Crippen MR) is 119 cm³/mol. The highest BCUT2D eigenvalue weighted by atomic mass is 16.6. The summed E-state index contributed by atoms with van der Waals surface area (Å²) in [6.07, 6.45) is -0.864. The van der Waals surface area contributed by atoms with E-state index in [0.717, 1.165) is 4.90 Å². The molecule has 1 aliphatic heterocycles. The molecule has 34 heavy (non-hydrogen) atoms. The minimum Gasteiger partial charge on any atom is -0.480 e. The van der Waals surface area contributed by atoms with Gasteiger partial charge >= 0.3 is 24.1 Å². The number of carbonyl (C=O) groups is 5. The Balaban J connectivity index is 2.26. The molecule has 0 bridgehead atoms. The summed E-state index contributed by atoms with van der Waals surface area (Å²) in [5, 5.41) is 11.6. The number of hydrogen-bond donors (Lipinski definition) is 2. The zero-order valence-electron chi connectivity index (χ0n) is 19.9. The van der Waals surface area contributed by atoms with E-state index in [2.05, 4.69) is 5.32 Å². The maximum Gasteiger partial charge on any atom is 0.408 e. The molecule has 0 spiro atoms. The predicted octanol–water partition coefficient (Wildman–Crippen LogP) is 2.00. The van der Waals surface area contributed by atoms with Gasteiger partial charge in [0.25, 0.3) is 5.91 Å². The maximum atomic E-state index is 13.4. The Labute approximate surface area is 198 Å². The molecular weight excluding hydrogens is 446 g/mol. The van der Waals surface area contributed by atoms with Gasteiger partial charge in [-0.15, -0.1) is 0 Å². The second kappa shape index (κ2) is 11.0. The molecule has 2 unspecified atom stereocenters. The first kappa shape index (κ1) is 26.6. The normalized spacial score (nSPS) is 16.9. The number of nitrogens with one attached hydrogen (secondary N) is 1. The third-order valence-electron chi connectivity index (χ3n) is 4.85. The number of carboxylic acids is 1. The molecule has 186 valence electrons. The van der Waals surface area contributed by atoms with Gasteiger partial charge in [0.1, 0.15) is 24.8 Å². The van der Waals surface area contributed by atoms with Gasteiger partial charge in [0.05, 0.1) is 6.54 Å². The molecule has 2 N–H and O–H groups in total. The van der Waals surface area contributed by atoms with E-state index in [-0.39, 0.29) is 13.2 Å².